The van der Waals surface area contributed by atoms with Gasteiger partial charge in [0.1, 0.15) is 6.61 Å². The summed E-state index contributed by atoms with van der Waals surface area (Å²) in [4.78, 5) is 0.194. The maximum absolute atomic E-state index is 12.6. The molecule has 2 rings (SSSR count). The Kier molecular flexibility index (Phi) is 5.40. The molecule has 0 bridgehead atoms. The zero-order chi connectivity index (χ0) is 15.3. The minimum atomic E-state index is -3.57. The van der Waals surface area contributed by atoms with Crippen LogP contribution in [0.1, 0.15) is 43.2 Å². The smallest absolute Gasteiger partial charge is 0.242 e. The van der Waals surface area contributed by atoms with Gasteiger partial charge in [-0.05, 0) is 37.5 Å². The predicted molar refractivity (Wildman–Crippen MR) is 82.3 cm³/mol. The second-order valence-corrected chi connectivity index (χ2v) is 7.10. The van der Waals surface area contributed by atoms with Crippen LogP contribution >= 0.6 is 0 Å². The van der Waals surface area contributed by atoms with Gasteiger partial charge in [0, 0.05) is 11.6 Å². The Morgan fingerprint density at radius 3 is 2.67 bits per heavy atom. The summed E-state index contributed by atoms with van der Waals surface area (Å²) in [6.07, 6.45) is 5.10. The van der Waals surface area contributed by atoms with Gasteiger partial charge in [-0.1, -0.05) is 37.2 Å². The largest absolute Gasteiger partial charge is 0.384 e. The molecule has 0 aliphatic heterocycles. The van der Waals surface area contributed by atoms with Crippen LogP contribution in [0, 0.1) is 18.8 Å². The fourth-order valence-corrected chi connectivity index (χ4v) is 4.06. The molecule has 4 nitrogen and oxygen atoms in total. The molecular formula is C16H21NO3S. The van der Waals surface area contributed by atoms with Gasteiger partial charge in [-0.3, -0.25) is 0 Å². The lowest BCUT2D eigenvalue weighted by Crippen LogP contribution is -2.36. The molecule has 0 spiro atoms. The van der Waals surface area contributed by atoms with E-state index in [4.69, 9.17) is 5.11 Å². The van der Waals surface area contributed by atoms with Crippen LogP contribution in [0.2, 0.25) is 0 Å². The van der Waals surface area contributed by atoms with Crippen molar-refractivity contribution in [3.8, 4) is 11.8 Å². The van der Waals surface area contributed by atoms with E-state index in [-0.39, 0.29) is 17.5 Å². The lowest BCUT2D eigenvalue weighted by molar-refractivity contribution is 0.350. The Balaban J connectivity index is 2.30. The molecule has 0 radical (unpaired) electrons. The van der Waals surface area contributed by atoms with Crippen molar-refractivity contribution in [1.29, 1.82) is 0 Å². The van der Waals surface area contributed by atoms with Crippen molar-refractivity contribution >= 4 is 10.0 Å². The fraction of sp³-hybridized carbons (Fsp3) is 0.500. The summed E-state index contributed by atoms with van der Waals surface area (Å²) in [5, 5.41) is 8.81. The molecule has 114 valence electrons. The van der Waals surface area contributed by atoms with Gasteiger partial charge < -0.3 is 5.11 Å². The van der Waals surface area contributed by atoms with E-state index >= 15 is 0 Å². The average molecular weight is 307 g/mol. The number of aryl methyl sites for hydroxylation is 1. The quantitative estimate of drug-likeness (QED) is 0.839. The molecule has 0 amide bonds. The van der Waals surface area contributed by atoms with E-state index < -0.39 is 10.0 Å². The third-order valence-corrected chi connectivity index (χ3v) is 5.23. The average Bonchev–Trinajstić information content (AvgIpc) is 2.45. The monoisotopic (exact) mass is 307 g/mol. The first-order valence-electron chi connectivity index (χ1n) is 7.25. The Morgan fingerprint density at radius 1 is 1.29 bits per heavy atom. The molecule has 0 atom stereocenters. The summed E-state index contributed by atoms with van der Waals surface area (Å²) in [6, 6.07) is 5.10. The van der Waals surface area contributed by atoms with E-state index in [1.54, 1.807) is 18.2 Å². The van der Waals surface area contributed by atoms with Crippen LogP contribution in [0.15, 0.2) is 23.1 Å². The summed E-state index contributed by atoms with van der Waals surface area (Å²) in [6.45, 7) is 1.60. The van der Waals surface area contributed by atoms with E-state index in [1.807, 2.05) is 6.92 Å². The number of sulfonamides is 1. The summed E-state index contributed by atoms with van der Waals surface area (Å²) in [7, 11) is -3.57. The van der Waals surface area contributed by atoms with E-state index in [0.29, 0.717) is 5.56 Å². The van der Waals surface area contributed by atoms with Gasteiger partial charge in [0.25, 0.3) is 0 Å². The standard InChI is InChI=1S/C16H21NO3S/c1-13-9-10-16(14(12-13)6-5-11-18)21(19,20)17-15-7-3-2-4-8-15/h9-10,12,15,17-18H,2-4,7-8,11H2,1H3. The second-order valence-electron chi connectivity index (χ2n) is 5.42. The van der Waals surface area contributed by atoms with E-state index in [2.05, 4.69) is 16.6 Å². The fourth-order valence-electron chi connectivity index (χ4n) is 2.61. The van der Waals surface area contributed by atoms with Crippen LogP contribution in [-0.2, 0) is 10.0 Å². The van der Waals surface area contributed by atoms with Gasteiger partial charge in [-0.15, -0.1) is 0 Å². The number of nitrogens with one attached hydrogen (secondary N) is 1. The van der Waals surface area contributed by atoms with Gasteiger partial charge in [0.2, 0.25) is 10.0 Å². The molecule has 0 unspecified atom stereocenters. The first kappa shape index (κ1) is 16.0. The Hall–Kier alpha value is -1.35. The number of benzene rings is 1. The molecule has 0 heterocycles. The van der Waals surface area contributed by atoms with E-state index in [9.17, 15) is 8.42 Å². The first-order valence-corrected chi connectivity index (χ1v) is 8.74. The van der Waals surface area contributed by atoms with Crippen molar-refractivity contribution in [3.05, 3.63) is 29.3 Å². The summed E-state index contributed by atoms with van der Waals surface area (Å²) in [5.74, 6) is 5.25. The van der Waals surface area contributed by atoms with Crippen LogP contribution in [0.25, 0.3) is 0 Å². The molecular weight excluding hydrogens is 286 g/mol. The zero-order valence-corrected chi connectivity index (χ0v) is 13.0. The molecule has 1 fully saturated rings. The highest BCUT2D eigenvalue weighted by Crippen LogP contribution is 2.22. The Labute approximate surface area is 126 Å². The number of hydrogen-bond acceptors (Lipinski definition) is 3. The molecule has 5 heteroatoms. The number of aliphatic hydroxyl groups is 1. The van der Waals surface area contributed by atoms with Gasteiger partial charge >= 0.3 is 0 Å². The van der Waals surface area contributed by atoms with Crippen molar-refractivity contribution in [2.75, 3.05) is 6.61 Å². The van der Waals surface area contributed by atoms with Crippen LogP contribution in [0.5, 0.6) is 0 Å². The highest BCUT2D eigenvalue weighted by molar-refractivity contribution is 7.89. The van der Waals surface area contributed by atoms with Crippen LogP contribution in [0.4, 0.5) is 0 Å². The van der Waals surface area contributed by atoms with Crippen LogP contribution in [-0.4, -0.2) is 26.2 Å². The molecule has 0 aromatic heterocycles. The van der Waals surface area contributed by atoms with Gasteiger partial charge in [-0.2, -0.15) is 0 Å². The number of hydrogen-bond donors (Lipinski definition) is 2. The molecule has 1 aromatic rings. The Morgan fingerprint density at radius 2 is 2.00 bits per heavy atom. The van der Waals surface area contributed by atoms with E-state index in [1.165, 1.54) is 6.42 Å². The van der Waals surface area contributed by atoms with Crippen molar-refractivity contribution in [2.45, 2.75) is 50.0 Å². The zero-order valence-electron chi connectivity index (χ0n) is 12.2. The normalized spacial score (nSPS) is 16.3. The third-order valence-electron chi connectivity index (χ3n) is 3.65. The topological polar surface area (TPSA) is 66.4 Å². The van der Waals surface area contributed by atoms with Gasteiger partial charge in [0.05, 0.1) is 4.90 Å². The van der Waals surface area contributed by atoms with Crippen LogP contribution in [0.3, 0.4) is 0 Å². The first-order chi connectivity index (χ1) is 10.0. The molecule has 1 aliphatic rings. The van der Waals surface area contributed by atoms with Crippen LogP contribution < -0.4 is 4.72 Å². The van der Waals surface area contributed by atoms with Crippen molar-refractivity contribution < 1.29 is 13.5 Å². The predicted octanol–water partition coefficient (Wildman–Crippen LogP) is 1.95. The number of rotatable bonds is 3. The minimum absolute atomic E-state index is 0.0173. The van der Waals surface area contributed by atoms with Crippen molar-refractivity contribution in [3.63, 3.8) is 0 Å². The SMILES string of the molecule is Cc1ccc(S(=O)(=O)NC2CCCCC2)c(C#CCO)c1. The maximum atomic E-state index is 12.6. The summed E-state index contributed by atoms with van der Waals surface area (Å²) >= 11 is 0. The molecule has 1 aromatic carbocycles. The second kappa shape index (κ2) is 7.08. The summed E-state index contributed by atoms with van der Waals surface area (Å²) < 4.78 is 27.9. The maximum Gasteiger partial charge on any atom is 0.242 e. The van der Waals surface area contributed by atoms with Crippen molar-refractivity contribution in [2.24, 2.45) is 0 Å². The van der Waals surface area contributed by atoms with Gasteiger partial charge in [-0.25, -0.2) is 13.1 Å². The molecule has 21 heavy (non-hydrogen) atoms. The van der Waals surface area contributed by atoms with Gasteiger partial charge in [0.15, 0.2) is 0 Å². The highest BCUT2D eigenvalue weighted by atomic mass is 32.2. The lowest BCUT2D eigenvalue weighted by Gasteiger charge is -2.23. The Bertz CT molecular complexity index is 650. The number of aliphatic hydroxyl groups excluding tert-OH is 1. The highest BCUT2D eigenvalue weighted by Gasteiger charge is 2.23. The van der Waals surface area contributed by atoms with Crippen molar-refractivity contribution in [1.82, 2.24) is 4.72 Å². The molecule has 1 aliphatic carbocycles. The minimum Gasteiger partial charge on any atom is -0.384 e. The molecule has 0 saturated heterocycles. The summed E-state index contributed by atoms with van der Waals surface area (Å²) in [5.41, 5.74) is 1.38. The third kappa shape index (κ3) is 4.31. The molecule has 2 N–H and O–H groups in total. The lowest BCUT2D eigenvalue weighted by atomic mass is 9.96. The van der Waals surface area contributed by atoms with E-state index in [0.717, 1.165) is 31.2 Å². The molecule has 1 saturated carbocycles.